The van der Waals surface area contributed by atoms with Crippen LogP contribution in [0.25, 0.3) is 32.6 Å². The third kappa shape index (κ3) is 5.73. The van der Waals surface area contributed by atoms with E-state index >= 15 is 4.39 Å². The Kier molecular flexibility index (Phi) is 8.39. The van der Waals surface area contributed by atoms with Crippen molar-refractivity contribution in [1.29, 1.82) is 0 Å². The number of aromatic nitrogens is 3. The second kappa shape index (κ2) is 11.8. The highest BCUT2D eigenvalue weighted by Gasteiger charge is 2.49. The normalized spacial score (nSPS) is 15.3. The highest BCUT2D eigenvalue weighted by molar-refractivity contribution is 7.88. The number of methoxy groups -OCH3 is 1. The van der Waals surface area contributed by atoms with Crippen molar-refractivity contribution in [3.63, 3.8) is 0 Å². The van der Waals surface area contributed by atoms with Crippen LogP contribution in [0.4, 0.5) is 22.0 Å². The maximum atomic E-state index is 15.7. The highest BCUT2D eigenvalue weighted by atomic mass is 32.2. The zero-order valence-electron chi connectivity index (χ0n) is 23.0. The van der Waals surface area contributed by atoms with Crippen LogP contribution in [0.1, 0.15) is 12.6 Å². The lowest BCUT2D eigenvalue weighted by molar-refractivity contribution is -0.129. The van der Waals surface area contributed by atoms with E-state index in [0.717, 1.165) is 23.5 Å². The molecule has 3 aromatic heterocycles. The Hall–Kier alpha value is -4.09. The minimum absolute atomic E-state index is 0.00812. The van der Waals surface area contributed by atoms with E-state index < -0.39 is 33.1 Å². The molecule has 17 heteroatoms. The number of benzene rings is 1. The highest BCUT2D eigenvalue weighted by Crippen LogP contribution is 2.47. The summed E-state index contributed by atoms with van der Waals surface area (Å²) in [4.78, 5) is 18.1. The Morgan fingerprint density at radius 1 is 1.20 bits per heavy atom. The monoisotopic (exact) mass is 658 g/mol. The Labute approximate surface area is 251 Å². The lowest BCUT2D eigenvalue weighted by Crippen LogP contribution is -2.44. The molecule has 1 aromatic carbocycles. The van der Waals surface area contributed by atoms with E-state index in [0.29, 0.717) is 11.8 Å². The first-order chi connectivity index (χ1) is 20.8. The number of alkyl halides is 3. The van der Waals surface area contributed by atoms with Gasteiger partial charge in [-0.25, -0.2) is 13.8 Å². The smallest absolute Gasteiger partial charge is 0.490 e. The number of thiophene rings is 1. The standard InChI is InChI=1S/C27H23F5N4O6S2/c1-4-21(37)35-13-16-11-19(34-36(16)12-14(35)2)24-23(22-18(29)9-15(28)10-20(22)41-7-6-40-3)25-17(5-8-43-25)26(33-24)42-44(38,39)27(30,31)32/h4-5,8-11,14H,1,6-7,12-13H2,2-3H3. The van der Waals surface area contributed by atoms with Gasteiger partial charge in [0.25, 0.3) is 0 Å². The van der Waals surface area contributed by atoms with Gasteiger partial charge < -0.3 is 18.6 Å². The number of rotatable bonds is 9. The predicted octanol–water partition coefficient (Wildman–Crippen LogP) is 5.28. The quantitative estimate of drug-likeness (QED) is 0.0786. The Morgan fingerprint density at radius 2 is 1.95 bits per heavy atom. The van der Waals surface area contributed by atoms with Crippen LogP contribution in [-0.4, -0.2) is 65.9 Å². The van der Waals surface area contributed by atoms with Crippen molar-refractivity contribution in [1.82, 2.24) is 19.7 Å². The number of hydrogen-bond donors (Lipinski definition) is 0. The molecule has 0 saturated heterocycles. The zero-order valence-corrected chi connectivity index (χ0v) is 24.7. The fraction of sp³-hybridized carbons (Fsp3) is 0.296. The molecule has 234 valence electrons. The molecule has 0 aliphatic carbocycles. The van der Waals surface area contributed by atoms with E-state index in [1.54, 1.807) is 11.6 Å². The van der Waals surface area contributed by atoms with Gasteiger partial charge in [0.15, 0.2) is 0 Å². The summed E-state index contributed by atoms with van der Waals surface area (Å²) in [6.07, 6.45) is 1.15. The second-order valence-corrected chi connectivity index (χ2v) is 12.1. The average molecular weight is 659 g/mol. The Balaban J connectivity index is 1.79. The van der Waals surface area contributed by atoms with Gasteiger partial charge in [-0.15, -0.1) is 11.3 Å². The van der Waals surface area contributed by atoms with Crippen LogP contribution in [0.3, 0.4) is 0 Å². The SMILES string of the molecule is C=CC(=O)N1Cc2cc(-c3nc(OS(=O)(=O)C(F)(F)F)c4ccsc4c3-c3c(F)cc(F)cc3OCCOC)nn2CC1C. The summed E-state index contributed by atoms with van der Waals surface area (Å²) in [6, 6.07) is 3.94. The molecule has 10 nitrogen and oxygen atoms in total. The molecule has 0 bridgehead atoms. The summed E-state index contributed by atoms with van der Waals surface area (Å²) >= 11 is 0.922. The van der Waals surface area contributed by atoms with Crippen LogP contribution >= 0.6 is 11.3 Å². The Bertz CT molecular complexity index is 1870. The van der Waals surface area contributed by atoms with Crippen LogP contribution in [-0.2, 0) is 32.7 Å². The number of pyridine rings is 1. The van der Waals surface area contributed by atoms with Crippen LogP contribution < -0.4 is 8.92 Å². The maximum absolute atomic E-state index is 15.7. The van der Waals surface area contributed by atoms with Gasteiger partial charge in [-0.1, -0.05) is 6.58 Å². The van der Waals surface area contributed by atoms with Gasteiger partial charge in [0.1, 0.15) is 35.4 Å². The number of nitrogens with zero attached hydrogens (tertiary/aromatic N) is 4. The van der Waals surface area contributed by atoms with E-state index in [2.05, 4.69) is 20.8 Å². The van der Waals surface area contributed by atoms with Gasteiger partial charge in [0, 0.05) is 30.8 Å². The van der Waals surface area contributed by atoms with Gasteiger partial charge in [-0.2, -0.15) is 26.7 Å². The minimum atomic E-state index is -6.16. The summed E-state index contributed by atoms with van der Waals surface area (Å²) in [5.74, 6) is -3.60. The van der Waals surface area contributed by atoms with E-state index in [-0.39, 0.29) is 76.6 Å². The van der Waals surface area contributed by atoms with Gasteiger partial charge >= 0.3 is 15.6 Å². The topological polar surface area (TPSA) is 113 Å². The number of carbonyl (C=O) groups is 1. The number of carbonyl (C=O) groups excluding carboxylic acids is 1. The summed E-state index contributed by atoms with van der Waals surface area (Å²) in [5.41, 5.74) is -5.91. The molecule has 1 aliphatic heterocycles. The van der Waals surface area contributed by atoms with Crippen molar-refractivity contribution in [2.45, 2.75) is 31.6 Å². The van der Waals surface area contributed by atoms with Gasteiger partial charge in [-0.05, 0) is 30.5 Å². The van der Waals surface area contributed by atoms with Crippen LogP contribution in [0, 0.1) is 11.6 Å². The fourth-order valence-corrected chi connectivity index (χ4v) is 6.09. The van der Waals surface area contributed by atoms with Gasteiger partial charge in [0.2, 0.25) is 11.8 Å². The summed E-state index contributed by atoms with van der Waals surface area (Å²) in [7, 11) is -4.77. The molecular weight excluding hydrogens is 635 g/mol. The molecule has 0 saturated carbocycles. The molecular formula is C27H23F5N4O6S2. The molecule has 0 spiro atoms. The van der Waals surface area contributed by atoms with Crippen LogP contribution in [0.2, 0.25) is 0 Å². The van der Waals surface area contributed by atoms with E-state index in [9.17, 15) is 30.8 Å². The van der Waals surface area contributed by atoms with Gasteiger partial charge in [0.05, 0.1) is 41.0 Å². The molecule has 1 unspecified atom stereocenters. The zero-order chi connectivity index (χ0) is 32.0. The third-order valence-corrected chi connectivity index (χ3v) is 8.60. The molecule has 5 rings (SSSR count). The lowest BCUT2D eigenvalue weighted by Gasteiger charge is -2.33. The van der Waals surface area contributed by atoms with Crippen LogP contribution in [0.5, 0.6) is 11.6 Å². The number of hydrogen-bond acceptors (Lipinski definition) is 9. The number of halogens is 5. The molecule has 0 fully saturated rings. The van der Waals surface area contributed by atoms with Crippen molar-refractivity contribution < 1.29 is 48.8 Å². The molecule has 0 radical (unpaired) electrons. The van der Waals surface area contributed by atoms with E-state index in [1.165, 1.54) is 29.5 Å². The first-order valence-corrected chi connectivity index (χ1v) is 15.1. The lowest BCUT2D eigenvalue weighted by atomic mass is 9.98. The van der Waals surface area contributed by atoms with Crippen molar-refractivity contribution in [2.24, 2.45) is 0 Å². The van der Waals surface area contributed by atoms with Crippen molar-refractivity contribution >= 4 is 37.4 Å². The average Bonchev–Trinajstić information content (AvgIpc) is 3.59. The molecule has 44 heavy (non-hydrogen) atoms. The largest absolute Gasteiger partial charge is 0.534 e. The fourth-order valence-electron chi connectivity index (χ4n) is 4.72. The van der Waals surface area contributed by atoms with Crippen molar-refractivity contribution in [3.8, 4) is 34.1 Å². The number of amides is 1. The first-order valence-electron chi connectivity index (χ1n) is 12.8. The first kappa shape index (κ1) is 31.3. The predicted molar refractivity (Wildman–Crippen MR) is 149 cm³/mol. The minimum Gasteiger partial charge on any atom is -0.490 e. The number of ether oxygens (including phenoxy) is 2. The third-order valence-electron chi connectivity index (χ3n) is 6.72. The molecule has 1 aliphatic rings. The summed E-state index contributed by atoms with van der Waals surface area (Å²) in [6.45, 7) is 5.53. The maximum Gasteiger partial charge on any atom is 0.534 e. The second-order valence-electron chi connectivity index (χ2n) is 9.61. The number of fused-ring (bicyclic) bond motifs is 2. The van der Waals surface area contributed by atoms with E-state index in [4.69, 9.17) is 9.47 Å². The van der Waals surface area contributed by atoms with Gasteiger partial charge in [-0.3, -0.25) is 9.48 Å². The molecule has 4 aromatic rings. The summed E-state index contributed by atoms with van der Waals surface area (Å²) < 4.78 is 111. The molecule has 4 heterocycles. The molecule has 1 amide bonds. The van der Waals surface area contributed by atoms with Crippen molar-refractivity contribution in [3.05, 3.63) is 59.6 Å². The molecule has 1 atom stereocenters. The van der Waals surface area contributed by atoms with E-state index in [1.807, 2.05) is 0 Å². The van der Waals surface area contributed by atoms with Crippen molar-refractivity contribution in [2.75, 3.05) is 20.3 Å². The summed E-state index contributed by atoms with van der Waals surface area (Å²) in [5, 5.41) is 5.75. The molecule has 0 N–H and O–H groups in total. The van der Waals surface area contributed by atoms with Crippen LogP contribution in [0.15, 0.2) is 42.3 Å². The Morgan fingerprint density at radius 3 is 2.64 bits per heavy atom.